The van der Waals surface area contributed by atoms with Crippen molar-refractivity contribution in [1.82, 2.24) is 10.2 Å². The van der Waals surface area contributed by atoms with Gasteiger partial charge in [-0.15, -0.1) is 11.8 Å². The summed E-state index contributed by atoms with van der Waals surface area (Å²) in [5, 5.41) is 3.30. The van der Waals surface area contributed by atoms with Gasteiger partial charge in [0.15, 0.2) is 0 Å². The SMILES string of the molecule is COC(=O)C[C@@H]1C(=O)NCCN1C(=O)CSc1ccc(Cl)cc1. The Balaban J connectivity index is 1.98. The highest BCUT2D eigenvalue weighted by Gasteiger charge is 2.34. The third-order valence-electron chi connectivity index (χ3n) is 3.41. The monoisotopic (exact) mass is 356 g/mol. The van der Waals surface area contributed by atoms with Crippen LogP contribution in [0.5, 0.6) is 0 Å². The molecule has 1 aliphatic rings. The van der Waals surface area contributed by atoms with E-state index in [-0.39, 0.29) is 24.0 Å². The minimum absolute atomic E-state index is 0.139. The lowest BCUT2D eigenvalue weighted by Gasteiger charge is -2.34. The van der Waals surface area contributed by atoms with Gasteiger partial charge in [0.1, 0.15) is 6.04 Å². The maximum Gasteiger partial charge on any atom is 0.308 e. The molecule has 2 rings (SSSR count). The molecular formula is C15H17ClN2O4S. The molecule has 1 aromatic rings. The van der Waals surface area contributed by atoms with E-state index in [0.717, 1.165) is 4.90 Å². The molecule has 0 bridgehead atoms. The number of amides is 2. The average molecular weight is 357 g/mol. The zero-order chi connectivity index (χ0) is 16.8. The van der Waals surface area contributed by atoms with Crippen LogP contribution in [0, 0.1) is 0 Å². The van der Waals surface area contributed by atoms with Crippen LogP contribution in [-0.4, -0.2) is 54.7 Å². The molecule has 0 radical (unpaired) electrons. The summed E-state index contributed by atoms with van der Waals surface area (Å²) in [4.78, 5) is 38.2. The molecule has 0 aromatic heterocycles. The lowest BCUT2D eigenvalue weighted by Crippen LogP contribution is -2.58. The van der Waals surface area contributed by atoms with Crippen molar-refractivity contribution < 1.29 is 19.1 Å². The molecule has 0 unspecified atom stereocenters. The van der Waals surface area contributed by atoms with Crippen molar-refractivity contribution in [3.05, 3.63) is 29.3 Å². The van der Waals surface area contributed by atoms with Crippen LogP contribution in [0.25, 0.3) is 0 Å². The zero-order valence-corrected chi connectivity index (χ0v) is 14.2. The van der Waals surface area contributed by atoms with Crippen molar-refractivity contribution in [3.8, 4) is 0 Å². The molecule has 8 heteroatoms. The van der Waals surface area contributed by atoms with E-state index < -0.39 is 12.0 Å². The molecule has 0 spiro atoms. The number of nitrogens with one attached hydrogen (secondary N) is 1. The van der Waals surface area contributed by atoms with Crippen LogP contribution in [-0.2, 0) is 19.1 Å². The van der Waals surface area contributed by atoms with E-state index in [1.807, 2.05) is 12.1 Å². The Bertz CT molecular complexity index is 594. The zero-order valence-electron chi connectivity index (χ0n) is 12.6. The van der Waals surface area contributed by atoms with Crippen molar-refractivity contribution in [1.29, 1.82) is 0 Å². The van der Waals surface area contributed by atoms with E-state index in [0.29, 0.717) is 18.1 Å². The quantitative estimate of drug-likeness (QED) is 0.636. The molecule has 1 saturated heterocycles. The number of ether oxygens (including phenoxy) is 1. The first-order valence-electron chi connectivity index (χ1n) is 7.03. The van der Waals surface area contributed by atoms with Gasteiger partial charge in [0.05, 0.1) is 19.3 Å². The fraction of sp³-hybridized carbons (Fsp3) is 0.400. The van der Waals surface area contributed by atoms with Gasteiger partial charge < -0.3 is 15.0 Å². The summed E-state index contributed by atoms with van der Waals surface area (Å²) in [5.74, 6) is -0.845. The topological polar surface area (TPSA) is 75.7 Å². The summed E-state index contributed by atoms with van der Waals surface area (Å²) in [5.41, 5.74) is 0. The molecule has 6 nitrogen and oxygen atoms in total. The number of benzene rings is 1. The minimum atomic E-state index is -0.811. The molecule has 1 aromatic carbocycles. The smallest absolute Gasteiger partial charge is 0.308 e. The van der Waals surface area contributed by atoms with Crippen LogP contribution in [0.2, 0.25) is 5.02 Å². The molecular weight excluding hydrogens is 340 g/mol. The summed E-state index contributed by atoms with van der Waals surface area (Å²) in [6.07, 6.45) is -0.139. The molecule has 124 valence electrons. The number of esters is 1. The summed E-state index contributed by atoms with van der Waals surface area (Å²) in [7, 11) is 1.26. The molecule has 0 aliphatic carbocycles. The molecule has 2 amide bonds. The Morgan fingerprint density at radius 3 is 2.74 bits per heavy atom. The van der Waals surface area contributed by atoms with Gasteiger partial charge in [-0.2, -0.15) is 0 Å². The number of hydrogen-bond donors (Lipinski definition) is 1. The summed E-state index contributed by atoms with van der Waals surface area (Å²) < 4.78 is 4.60. The fourth-order valence-corrected chi connectivity index (χ4v) is 3.13. The summed E-state index contributed by atoms with van der Waals surface area (Å²) >= 11 is 7.18. The first-order valence-corrected chi connectivity index (χ1v) is 8.40. The standard InChI is InChI=1S/C15H17ClN2O4S/c1-22-14(20)8-12-15(21)17-6-7-18(12)13(19)9-23-11-4-2-10(16)3-5-11/h2-5,12H,6-9H2,1H3,(H,17,21)/t12-/m1/s1. The highest BCUT2D eigenvalue weighted by Crippen LogP contribution is 2.21. The Hall–Kier alpha value is -1.73. The third kappa shape index (κ3) is 4.87. The molecule has 1 fully saturated rings. The van der Waals surface area contributed by atoms with Crippen LogP contribution in [0.4, 0.5) is 0 Å². The van der Waals surface area contributed by atoms with Gasteiger partial charge in [0, 0.05) is 23.0 Å². The van der Waals surface area contributed by atoms with Crippen LogP contribution in [0.1, 0.15) is 6.42 Å². The molecule has 1 atom stereocenters. The number of methoxy groups -OCH3 is 1. The predicted molar refractivity (Wildman–Crippen MR) is 87.3 cm³/mol. The number of halogens is 1. The van der Waals surface area contributed by atoms with Crippen LogP contribution < -0.4 is 5.32 Å². The van der Waals surface area contributed by atoms with Gasteiger partial charge >= 0.3 is 5.97 Å². The van der Waals surface area contributed by atoms with Gasteiger partial charge in [0.2, 0.25) is 11.8 Å². The summed E-state index contributed by atoms with van der Waals surface area (Å²) in [6.45, 7) is 0.765. The molecule has 23 heavy (non-hydrogen) atoms. The number of nitrogens with zero attached hydrogens (tertiary/aromatic N) is 1. The minimum Gasteiger partial charge on any atom is -0.469 e. The normalized spacial score (nSPS) is 17.6. The Morgan fingerprint density at radius 1 is 1.39 bits per heavy atom. The van der Waals surface area contributed by atoms with Crippen molar-refractivity contribution in [2.45, 2.75) is 17.4 Å². The van der Waals surface area contributed by atoms with Crippen molar-refractivity contribution in [3.63, 3.8) is 0 Å². The Labute approximate surface area is 143 Å². The van der Waals surface area contributed by atoms with E-state index in [9.17, 15) is 14.4 Å². The van der Waals surface area contributed by atoms with Gasteiger partial charge in [0.25, 0.3) is 0 Å². The van der Waals surface area contributed by atoms with Crippen molar-refractivity contribution >= 4 is 41.1 Å². The first-order chi connectivity index (χ1) is 11.0. The predicted octanol–water partition coefficient (Wildman–Crippen LogP) is 1.32. The van der Waals surface area contributed by atoms with E-state index in [1.165, 1.54) is 23.8 Å². The van der Waals surface area contributed by atoms with Crippen LogP contribution in [0.3, 0.4) is 0 Å². The number of rotatable bonds is 5. The first kappa shape index (κ1) is 17.6. The van der Waals surface area contributed by atoms with E-state index in [1.54, 1.807) is 12.1 Å². The van der Waals surface area contributed by atoms with Gasteiger partial charge in [-0.1, -0.05) is 11.6 Å². The fourth-order valence-electron chi connectivity index (χ4n) is 2.22. The second kappa shape index (κ2) is 8.21. The number of hydrogen-bond acceptors (Lipinski definition) is 5. The molecule has 1 N–H and O–H groups in total. The van der Waals surface area contributed by atoms with Gasteiger partial charge in [-0.05, 0) is 24.3 Å². The third-order valence-corrected chi connectivity index (χ3v) is 4.66. The van der Waals surface area contributed by atoms with Crippen molar-refractivity contribution in [2.24, 2.45) is 0 Å². The maximum atomic E-state index is 12.4. The number of carbonyl (C=O) groups excluding carboxylic acids is 3. The van der Waals surface area contributed by atoms with Crippen LogP contribution >= 0.6 is 23.4 Å². The Kier molecular flexibility index (Phi) is 6.29. The van der Waals surface area contributed by atoms with E-state index >= 15 is 0 Å². The highest BCUT2D eigenvalue weighted by atomic mass is 35.5. The second-order valence-corrected chi connectivity index (χ2v) is 6.40. The average Bonchev–Trinajstić information content (AvgIpc) is 2.55. The lowest BCUT2D eigenvalue weighted by atomic mass is 10.1. The number of carbonyl (C=O) groups is 3. The Morgan fingerprint density at radius 2 is 2.09 bits per heavy atom. The van der Waals surface area contributed by atoms with E-state index in [2.05, 4.69) is 10.1 Å². The lowest BCUT2D eigenvalue weighted by molar-refractivity contribution is -0.149. The number of piperazine rings is 1. The highest BCUT2D eigenvalue weighted by molar-refractivity contribution is 8.00. The number of thioether (sulfide) groups is 1. The van der Waals surface area contributed by atoms with Crippen LogP contribution in [0.15, 0.2) is 29.2 Å². The molecule has 1 aliphatic heterocycles. The van der Waals surface area contributed by atoms with Gasteiger partial charge in [-0.3, -0.25) is 14.4 Å². The summed E-state index contributed by atoms with van der Waals surface area (Å²) in [6, 6.07) is 6.35. The van der Waals surface area contributed by atoms with Crippen molar-refractivity contribution in [2.75, 3.05) is 26.0 Å². The maximum absolute atomic E-state index is 12.4. The molecule has 1 heterocycles. The second-order valence-electron chi connectivity index (χ2n) is 4.92. The molecule has 0 saturated carbocycles. The van der Waals surface area contributed by atoms with Gasteiger partial charge in [-0.25, -0.2) is 0 Å². The largest absolute Gasteiger partial charge is 0.469 e. The van der Waals surface area contributed by atoms with E-state index in [4.69, 9.17) is 11.6 Å².